The van der Waals surface area contributed by atoms with Crippen LogP contribution >= 0.6 is 0 Å². The summed E-state index contributed by atoms with van der Waals surface area (Å²) in [6.45, 7) is 6.84. The molecule has 0 N–H and O–H groups in total. The van der Waals surface area contributed by atoms with Gasteiger partial charge in [-0.25, -0.2) is 0 Å². The van der Waals surface area contributed by atoms with E-state index in [0.717, 1.165) is 45.9 Å². The Morgan fingerprint density at radius 1 is 1.24 bits per heavy atom. The van der Waals surface area contributed by atoms with E-state index >= 15 is 0 Å². The highest BCUT2D eigenvalue weighted by atomic mass is 16.5. The minimum absolute atomic E-state index is 0.201. The van der Waals surface area contributed by atoms with Gasteiger partial charge in [-0.15, -0.1) is 0 Å². The van der Waals surface area contributed by atoms with Crippen molar-refractivity contribution in [1.29, 1.82) is 0 Å². The fourth-order valence-electron chi connectivity index (χ4n) is 4.26. The van der Waals surface area contributed by atoms with Crippen LogP contribution in [0.5, 0.6) is 0 Å². The Balaban J connectivity index is 1.48. The van der Waals surface area contributed by atoms with Gasteiger partial charge in [-0.3, -0.25) is 14.6 Å². The molecular weight excluding hydrogens is 314 g/mol. The van der Waals surface area contributed by atoms with E-state index in [1.165, 1.54) is 24.1 Å². The normalized spacial score (nSPS) is 25.2. The molecule has 2 fully saturated rings. The zero-order chi connectivity index (χ0) is 17.1. The van der Waals surface area contributed by atoms with Crippen LogP contribution in [0.3, 0.4) is 0 Å². The second-order valence-electron chi connectivity index (χ2n) is 7.52. The molecule has 134 valence electrons. The summed E-state index contributed by atoms with van der Waals surface area (Å²) in [7, 11) is 1.98. The SMILES string of the molecule is Cn1cc(CN2CCC[C@@]3(COCCN(c4cccnc4)C3)C2)cn1. The van der Waals surface area contributed by atoms with Gasteiger partial charge < -0.3 is 9.64 Å². The van der Waals surface area contributed by atoms with Crippen LogP contribution < -0.4 is 4.90 Å². The molecule has 6 nitrogen and oxygen atoms in total. The van der Waals surface area contributed by atoms with Crippen molar-refractivity contribution in [2.75, 3.05) is 44.3 Å². The topological polar surface area (TPSA) is 46.4 Å². The van der Waals surface area contributed by atoms with E-state index in [9.17, 15) is 0 Å². The van der Waals surface area contributed by atoms with Crippen LogP contribution in [-0.4, -0.2) is 59.1 Å². The molecule has 4 rings (SSSR count). The van der Waals surface area contributed by atoms with Gasteiger partial charge in [-0.2, -0.15) is 5.10 Å². The van der Waals surface area contributed by atoms with Gasteiger partial charge in [-0.05, 0) is 31.5 Å². The Morgan fingerprint density at radius 2 is 2.20 bits per heavy atom. The van der Waals surface area contributed by atoms with Gasteiger partial charge in [0, 0.05) is 56.6 Å². The number of rotatable bonds is 3. The number of likely N-dealkylation sites (tertiary alicyclic amines) is 1. The van der Waals surface area contributed by atoms with Gasteiger partial charge in [0.05, 0.1) is 31.3 Å². The molecule has 0 aliphatic carbocycles. The van der Waals surface area contributed by atoms with Crippen LogP contribution in [0.25, 0.3) is 0 Å². The Labute approximate surface area is 149 Å². The molecule has 2 aromatic rings. The predicted octanol–water partition coefficient (Wildman–Crippen LogP) is 1.93. The van der Waals surface area contributed by atoms with Gasteiger partial charge in [0.1, 0.15) is 0 Å². The van der Waals surface area contributed by atoms with E-state index < -0.39 is 0 Å². The maximum Gasteiger partial charge on any atom is 0.0641 e. The molecule has 2 saturated heterocycles. The third-order valence-corrected chi connectivity index (χ3v) is 5.36. The monoisotopic (exact) mass is 341 g/mol. The number of anilines is 1. The van der Waals surface area contributed by atoms with Crippen molar-refractivity contribution < 1.29 is 4.74 Å². The molecule has 0 amide bonds. The largest absolute Gasteiger partial charge is 0.379 e. The Kier molecular flexibility index (Phi) is 4.72. The first kappa shape index (κ1) is 16.5. The van der Waals surface area contributed by atoms with Crippen LogP contribution in [0.2, 0.25) is 0 Å². The summed E-state index contributed by atoms with van der Waals surface area (Å²) < 4.78 is 7.92. The minimum Gasteiger partial charge on any atom is -0.379 e. The molecule has 1 spiro atoms. The van der Waals surface area contributed by atoms with E-state index in [-0.39, 0.29) is 5.41 Å². The number of aromatic nitrogens is 3. The summed E-state index contributed by atoms with van der Waals surface area (Å²) >= 11 is 0. The number of ether oxygens (including phenoxy) is 1. The molecule has 0 unspecified atom stereocenters. The smallest absolute Gasteiger partial charge is 0.0641 e. The third-order valence-electron chi connectivity index (χ3n) is 5.36. The maximum atomic E-state index is 6.04. The van der Waals surface area contributed by atoms with Gasteiger partial charge in [0.25, 0.3) is 0 Å². The van der Waals surface area contributed by atoms with Crippen molar-refractivity contribution in [2.24, 2.45) is 12.5 Å². The van der Waals surface area contributed by atoms with Crippen LogP contribution in [0, 0.1) is 5.41 Å². The molecule has 0 saturated carbocycles. The molecule has 0 radical (unpaired) electrons. The Hall–Kier alpha value is -1.92. The van der Waals surface area contributed by atoms with Crippen molar-refractivity contribution in [3.05, 3.63) is 42.5 Å². The van der Waals surface area contributed by atoms with Gasteiger partial charge in [0.15, 0.2) is 0 Å². The molecule has 2 aromatic heterocycles. The van der Waals surface area contributed by atoms with Crippen molar-refractivity contribution in [2.45, 2.75) is 19.4 Å². The lowest BCUT2D eigenvalue weighted by atomic mass is 9.80. The summed E-state index contributed by atoms with van der Waals surface area (Å²) in [5, 5.41) is 4.30. The molecule has 2 aliphatic heterocycles. The number of nitrogens with zero attached hydrogens (tertiary/aromatic N) is 5. The van der Waals surface area contributed by atoms with E-state index in [1.807, 2.05) is 36.4 Å². The molecule has 2 aliphatic rings. The fourth-order valence-corrected chi connectivity index (χ4v) is 4.26. The lowest BCUT2D eigenvalue weighted by Crippen LogP contribution is -2.50. The van der Waals surface area contributed by atoms with Crippen molar-refractivity contribution in [1.82, 2.24) is 19.7 Å². The first-order valence-electron chi connectivity index (χ1n) is 9.15. The van der Waals surface area contributed by atoms with E-state index in [0.29, 0.717) is 0 Å². The average Bonchev–Trinajstić information content (AvgIpc) is 2.92. The zero-order valence-corrected chi connectivity index (χ0v) is 15.0. The third kappa shape index (κ3) is 3.85. The number of hydrogen-bond donors (Lipinski definition) is 0. The maximum absolute atomic E-state index is 6.04. The predicted molar refractivity (Wildman–Crippen MR) is 97.4 cm³/mol. The summed E-state index contributed by atoms with van der Waals surface area (Å²) in [6, 6.07) is 4.17. The van der Waals surface area contributed by atoms with Gasteiger partial charge in [0.2, 0.25) is 0 Å². The lowest BCUT2D eigenvalue weighted by Gasteiger charge is -2.44. The second kappa shape index (κ2) is 7.14. The highest BCUT2D eigenvalue weighted by molar-refractivity contribution is 5.44. The van der Waals surface area contributed by atoms with Crippen LogP contribution in [0.1, 0.15) is 18.4 Å². The molecule has 4 heterocycles. The first-order chi connectivity index (χ1) is 12.2. The van der Waals surface area contributed by atoms with Gasteiger partial charge >= 0.3 is 0 Å². The van der Waals surface area contributed by atoms with Crippen LogP contribution in [0.4, 0.5) is 5.69 Å². The molecule has 6 heteroatoms. The Bertz CT molecular complexity index is 688. The molecular formula is C19H27N5O. The van der Waals surface area contributed by atoms with E-state index in [4.69, 9.17) is 4.74 Å². The summed E-state index contributed by atoms with van der Waals surface area (Å²) in [5.41, 5.74) is 2.70. The van der Waals surface area contributed by atoms with Gasteiger partial charge in [-0.1, -0.05) is 0 Å². The van der Waals surface area contributed by atoms with Crippen LogP contribution in [0.15, 0.2) is 36.9 Å². The molecule has 25 heavy (non-hydrogen) atoms. The summed E-state index contributed by atoms with van der Waals surface area (Å²) in [6.07, 6.45) is 10.4. The zero-order valence-electron chi connectivity index (χ0n) is 15.0. The van der Waals surface area contributed by atoms with Crippen LogP contribution in [-0.2, 0) is 18.3 Å². The standard InChI is InChI=1S/C19H27N5O/c1-22-12-17(10-21-22)13-23-7-3-5-19(14-23)15-24(8-9-25-16-19)18-4-2-6-20-11-18/h2,4,6,10-12H,3,5,7-9,13-16H2,1H3/t19-/m1/s1. The first-order valence-corrected chi connectivity index (χ1v) is 9.15. The lowest BCUT2D eigenvalue weighted by molar-refractivity contribution is 0.0106. The number of piperidine rings is 1. The highest BCUT2D eigenvalue weighted by Gasteiger charge is 2.39. The fraction of sp³-hybridized carbons (Fsp3) is 0.579. The minimum atomic E-state index is 0.201. The average molecular weight is 341 g/mol. The second-order valence-corrected chi connectivity index (χ2v) is 7.52. The molecule has 0 bridgehead atoms. The summed E-state index contributed by atoms with van der Waals surface area (Å²) in [4.78, 5) is 9.31. The number of pyridine rings is 1. The number of hydrogen-bond acceptors (Lipinski definition) is 5. The van der Waals surface area contributed by atoms with Crippen molar-refractivity contribution in [3.63, 3.8) is 0 Å². The van der Waals surface area contributed by atoms with Crippen molar-refractivity contribution >= 4 is 5.69 Å². The van der Waals surface area contributed by atoms with Crippen molar-refractivity contribution in [3.8, 4) is 0 Å². The summed E-state index contributed by atoms with van der Waals surface area (Å²) in [5.74, 6) is 0. The molecule has 1 atom stereocenters. The van der Waals surface area contributed by atoms with E-state index in [2.05, 4.69) is 32.1 Å². The van der Waals surface area contributed by atoms with E-state index in [1.54, 1.807) is 0 Å². The highest BCUT2D eigenvalue weighted by Crippen LogP contribution is 2.34. The quantitative estimate of drug-likeness (QED) is 0.854. The number of aryl methyl sites for hydroxylation is 1. The Morgan fingerprint density at radius 3 is 3.00 bits per heavy atom. The molecule has 0 aromatic carbocycles.